The van der Waals surface area contributed by atoms with E-state index in [0.29, 0.717) is 12.8 Å². The third-order valence-electron chi connectivity index (χ3n) is 2.08. The van der Waals surface area contributed by atoms with E-state index in [2.05, 4.69) is 6.58 Å². The van der Waals surface area contributed by atoms with Crippen molar-refractivity contribution in [2.75, 3.05) is 0 Å². The Morgan fingerprint density at radius 3 is 2.50 bits per heavy atom. The standard InChI is InChI=1S/C10H16O2/c1-4-8(3)9(7-11)6-10(12)5-2/h4,7-9H,1,5-6H2,2-3H3. The van der Waals surface area contributed by atoms with Crippen molar-refractivity contribution in [2.45, 2.75) is 26.7 Å². The van der Waals surface area contributed by atoms with Gasteiger partial charge in [0.25, 0.3) is 0 Å². The first-order chi connectivity index (χ1) is 5.65. The maximum Gasteiger partial charge on any atom is 0.133 e. The summed E-state index contributed by atoms with van der Waals surface area (Å²) in [5, 5.41) is 0. The molecule has 0 heterocycles. The lowest BCUT2D eigenvalue weighted by Crippen LogP contribution is -2.15. The Kier molecular flexibility index (Phi) is 5.26. The monoisotopic (exact) mass is 168 g/mol. The molecule has 0 bridgehead atoms. The van der Waals surface area contributed by atoms with Crippen molar-refractivity contribution in [3.8, 4) is 0 Å². The average Bonchev–Trinajstić information content (AvgIpc) is 2.12. The summed E-state index contributed by atoms with van der Waals surface area (Å²) in [6.07, 6.45) is 3.42. The number of rotatable bonds is 6. The second-order valence-corrected chi connectivity index (χ2v) is 2.99. The number of carbonyl (C=O) groups excluding carboxylic acids is 2. The molecular weight excluding hydrogens is 152 g/mol. The second kappa shape index (κ2) is 5.70. The van der Waals surface area contributed by atoms with Gasteiger partial charge in [-0.3, -0.25) is 4.79 Å². The van der Waals surface area contributed by atoms with E-state index in [0.717, 1.165) is 6.29 Å². The molecule has 2 nitrogen and oxygen atoms in total. The lowest BCUT2D eigenvalue weighted by Gasteiger charge is -2.12. The van der Waals surface area contributed by atoms with E-state index in [1.807, 2.05) is 13.8 Å². The van der Waals surface area contributed by atoms with Gasteiger partial charge in [0.05, 0.1) is 0 Å². The van der Waals surface area contributed by atoms with Crippen LogP contribution in [-0.2, 0) is 9.59 Å². The lowest BCUT2D eigenvalue weighted by atomic mass is 9.90. The first-order valence-electron chi connectivity index (χ1n) is 4.25. The Hall–Kier alpha value is -0.920. The molecule has 0 aliphatic rings. The molecule has 0 saturated heterocycles. The van der Waals surface area contributed by atoms with E-state index >= 15 is 0 Å². The average molecular weight is 168 g/mol. The van der Waals surface area contributed by atoms with Gasteiger partial charge in [0.1, 0.15) is 12.1 Å². The lowest BCUT2D eigenvalue weighted by molar-refractivity contribution is -0.123. The molecule has 2 atom stereocenters. The highest BCUT2D eigenvalue weighted by Crippen LogP contribution is 2.15. The summed E-state index contributed by atoms with van der Waals surface area (Å²) in [4.78, 5) is 21.6. The van der Waals surface area contributed by atoms with E-state index in [9.17, 15) is 9.59 Å². The summed E-state index contributed by atoms with van der Waals surface area (Å²) in [6, 6.07) is 0. The number of hydrogen-bond acceptors (Lipinski definition) is 2. The van der Waals surface area contributed by atoms with Gasteiger partial charge in [0.15, 0.2) is 0 Å². The van der Waals surface area contributed by atoms with Crippen molar-refractivity contribution in [3.63, 3.8) is 0 Å². The maximum absolute atomic E-state index is 11.0. The van der Waals surface area contributed by atoms with Gasteiger partial charge in [0, 0.05) is 18.8 Å². The Bertz CT molecular complexity index is 173. The highest BCUT2D eigenvalue weighted by atomic mass is 16.1. The third-order valence-corrected chi connectivity index (χ3v) is 2.08. The SMILES string of the molecule is C=CC(C)C(C=O)CC(=O)CC. The highest BCUT2D eigenvalue weighted by Gasteiger charge is 2.16. The molecule has 0 radical (unpaired) electrons. The van der Waals surface area contributed by atoms with E-state index in [1.165, 1.54) is 0 Å². The minimum Gasteiger partial charge on any atom is -0.303 e. The van der Waals surface area contributed by atoms with Crippen LogP contribution >= 0.6 is 0 Å². The highest BCUT2D eigenvalue weighted by molar-refractivity contribution is 5.81. The molecule has 2 unspecified atom stereocenters. The normalized spacial score (nSPS) is 14.8. The van der Waals surface area contributed by atoms with Gasteiger partial charge in [-0.05, 0) is 5.92 Å². The molecule has 0 spiro atoms. The predicted octanol–water partition coefficient (Wildman–Crippen LogP) is 1.99. The minimum atomic E-state index is -0.185. The summed E-state index contributed by atoms with van der Waals surface area (Å²) in [6.45, 7) is 7.30. The number of hydrogen-bond donors (Lipinski definition) is 0. The molecule has 0 fully saturated rings. The maximum atomic E-state index is 11.0. The molecule has 0 aliphatic heterocycles. The first-order valence-corrected chi connectivity index (χ1v) is 4.25. The quantitative estimate of drug-likeness (QED) is 0.449. The largest absolute Gasteiger partial charge is 0.303 e. The van der Waals surface area contributed by atoms with Crippen LogP contribution in [0.25, 0.3) is 0 Å². The van der Waals surface area contributed by atoms with Crippen molar-refractivity contribution < 1.29 is 9.59 Å². The zero-order chi connectivity index (χ0) is 9.56. The van der Waals surface area contributed by atoms with E-state index < -0.39 is 0 Å². The topological polar surface area (TPSA) is 34.1 Å². The summed E-state index contributed by atoms with van der Waals surface area (Å²) in [7, 11) is 0. The molecule has 2 heteroatoms. The molecular formula is C10H16O2. The van der Waals surface area contributed by atoms with Crippen molar-refractivity contribution in [3.05, 3.63) is 12.7 Å². The number of allylic oxidation sites excluding steroid dienone is 1. The van der Waals surface area contributed by atoms with Crippen LogP contribution in [0.5, 0.6) is 0 Å². The van der Waals surface area contributed by atoms with Crippen molar-refractivity contribution >= 4 is 12.1 Å². The fraction of sp³-hybridized carbons (Fsp3) is 0.600. The molecule has 0 N–H and O–H groups in total. The zero-order valence-electron chi connectivity index (χ0n) is 7.75. The molecule has 0 saturated carbocycles. The fourth-order valence-electron chi connectivity index (χ4n) is 0.940. The molecule has 68 valence electrons. The van der Waals surface area contributed by atoms with Gasteiger partial charge < -0.3 is 4.79 Å². The molecule has 0 aromatic carbocycles. The Labute approximate surface area is 73.7 Å². The summed E-state index contributed by atoms with van der Waals surface area (Å²) in [5.41, 5.74) is 0. The summed E-state index contributed by atoms with van der Waals surface area (Å²) >= 11 is 0. The predicted molar refractivity (Wildman–Crippen MR) is 48.8 cm³/mol. The van der Waals surface area contributed by atoms with Crippen LogP contribution in [0.4, 0.5) is 0 Å². The molecule has 0 aliphatic carbocycles. The molecule has 12 heavy (non-hydrogen) atoms. The van der Waals surface area contributed by atoms with Crippen molar-refractivity contribution in [1.29, 1.82) is 0 Å². The number of ketones is 1. The van der Waals surface area contributed by atoms with Crippen molar-refractivity contribution in [2.24, 2.45) is 11.8 Å². The van der Waals surface area contributed by atoms with Crippen LogP contribution in [0.1, 0.15) is 26.7 Å². The second-order valence-electron chi connectivity index (χ2n) is 2.99. The van der Waals surface area contributed by atoms with Crippen LogP contribution in [0.15, 0.2) is 12.7 Å². The van der Waals surface area contributed by atoms with E-state index in [-0.39, 0.29) is 17.6 Å². The Morgan fingerprint density at radius 1 is 1.58 bits per heavy atom. The van der Waals surface area contributed by atoms with Crippen LogP contribution in [0.3, 0.4) is 0 Å². The van der Waals surface area contributed by atoms with Gasteiger partial charge in [-0.25, -0.2) is 0 Å². The first kappa shape index (κ1) is 11.1. The fourth-order valence-corrected chi connectivity index (χ4v) is 0.940. The number of carbonyl (C=O) groups is 2. The molecule has 0 rings (SSSR count). The number of Topliss-reactive ketones (excluding diaryl/α,β-unsaturated/α-hetero) is 1. The minimum absolute atomic E-state index is 0.0954. The van der Waals surface area contributed by atoms with E-state index in [4.69, 9.17) is 0 Å². The Morgan fingerprint density at radius 2 is 2.17 bits per heavy atom. The van der Waals surface area contributed by atoms with Crippen LogP contribution in [-0.4, -0.2) is 12.1 Å². The van der Waals surface area contributed by atoms with Gasteiger partial charge in [-0.2, -0.15) is 0 Å². The molecule has 0 aromatic rings. The van der Waals surface area contributed by atoms with Gasteiger partial charge >= 0.3 is 0 Å². The summed E-state index contributed by atoms with van der Waals surface area (Å²) in [5.74, 6) is 0.0498. The van der Waals surface area contributed by atoms with Crippen molar-refractivity contribution in [1.82, 2.24) is 0 Å². The van der Waals surface area contributed by atoms with Crippen LogP contribution in [0.2, 0.25) is 0 Å². The van der Waals surface area contributed by atoms with E-state index in [1.54, 1.807) is 6.08 Å². The summed E-state index contributed by atoms with van der Waals surface area (Å²) < 4.78 is 0. The number of aldehydes is 1. The van der Waals surface area contributed by atoms with Gasteiger partial charge in [-0.15, -0.1) is 6.58 Å². The third kappa shape index (κ3) is 3.46. The molecule has 0 aromatic heterocycles. The van der Waals surface area contributed by atoms with Crippen LogP contribution in [0, 0.1) is 11.8 Å². The van der Waals surface area contributed by atoms with Gasteiger partial charge in [-0.1, -0.05) is 19.9 Å². The smallest absolute Gasteiger partial charge is 0.133 e. The van der Waals surface area contributed by atoms with Crippen LogP contribution < -0.4 is 0 Å². The Balaban J connectivity index is 4.07. The molecule has 0 amide bonds. The zero-order valence-corrected chi connectivity index (χ0v) is 7.75. The van der Waals surface area contributed by atoms with Gasteiger partial charge in [0.2, 0.25) is 0 Å².